The first-order valence-corrected chi connectivity index (χ1v) is 5.46. The van der Waals surface area contributed by atoms with E-state index < -0.39 is 0 Å². The van der Waals surface area contributed by atoms with Crippen molar-refractivity contribution in [3.8, 4) is 0 Å². The first-order chi connectivity index (χ1) is 7.05. The van der Waals surface area contributed by atoms with E-state index in [1.807, 2.05) is 16.9 Å². The number of nitrogen functional groups attached to an aromatic ring is 1. The second-order valence-electron chi connectivity index (χ2n) is 5.10. The van der Waals surface area contributed by atoms with Gasteiger partial charge in [0.2, 0.25) is 0 Å². The van der Waals surface area contributed by atoms with Gasteiger partial charge in [-0.3, -0.25) is 4.68 Å². The van der Waals surface area contributed by atoms with Crippen LogP contribution in [0.4, 0.5) is 5.82 Å². The first kappa shape index (κ1) is 10.5. The molecule has 4 nitrogen and oxygen atoms in total. The Morgan fingerprint density at radius 1 is 1.67 bits per heavy atom. The number of rotatable bonds is 2. The normalized spacial score (nSPS) is 25.3. The number of hydrogen-bond donors (Lipinski definition) is 1. The van der Waals surface area contributed by atoms with E-state index in [0.717, 1.165) is 19.6 Å². The summed E-state index contributed by atoms with van der Waals surface area (Å²) in [4.78, 5) is 0. The molecule has 1 unspecified atom stereocenters. The highest BCUT2D eigenvalue weighted by Crippen LogP contribution is 2.30. The summed E-state index contributed by atoms with van der Waals surface area (Å²) in [6, 6.07) is 1.81. The van der Waals surface area contributed by atoms with E-state index in [0.29, 0.717) is 11.2 Å². The van der Waals surface area contributed by atoms with Crippen molar-refractivity contribution in [2.24, 2.45) is 5.41 Å². The van der Waals surface area contributed by atoms with Crippen LogP contribution in [0.25, 0.3) is 0 Å². The van der Waals surface area contributed by atoms with Gasteiger partial charge in [-0.25, -0.2) is 0 Å². The van der Waals surface area contributed by atoms with Gasteiger partial charge in [0.05, 0.1) is 19.3 Å². The van der Waals surface area contributed by atoms with Crippen LogP contribution in [0.3, 0.4) is 0 Å². The molecule has 2 N–H and O–H groups in total. The lowest BCUT2D eigenvalue weighted by Crippen LogP contribution is -2.34. The van der Waals surface area contributed by atoms with Crippen molar-refractivity contribution in [2.45, 2.75) is 39.3 Å². The number of hydrogen-bond acceptors (Lipinski definition) is 3. The van der Waals surface area contributed by atoms with Gasteiger partial charge < -0.3 is 10.5 Å². The second-order valence-corrected chi connectivity index (χ2v) is 5.10. The maximum Gasteiger partial charge on any atom is 0.145 e. The average molecular weight is 209 g/mol. The van der Waals surface area contributed by atoms with Crippen molar-refractivity contribution in [3.63, 3.8) is 0 Å². The topological polar surface area (TPSA) is 53.1 Å². The van der Waals surface area contributed by atoms with Crippen LogP contribution < -0.4 is 5.73 Å². The molecule has 1 saturated heterocycles. The highest BCUT2D eigenvalue weighted by Gasteiger charge is 2.27. The zero-order chi connectivity index (χ0) is 10.9. The fourth-order valence-corrected chi connectivity index (χ4v) is 1.88. The molecular weight excluding hydrogens is 190 g/mol. The van der Waals surface area contributed by atoms with Crippen LogP contribution in [0, 0.1) is 5.41 Å². The Balaban J connectivity index is 1.87. The van der Waals surface area contributed by atoms with Gasteiger partial charge in [0.1, 0.15) is 5.82 Å². The molecule has 15 heavy (non-hydrogen) atoms. The molecule has 0 radical (unpaired) electrons. The number of nitrogens with two attached hydrogens (primary N) is 1. The smallest absolute Gasteiger partial charge is 0.145 e. The summed E-state index contributed by atoms with van der Waals surface area (Å²) in [6.45, 7) is 6.14. The minimum Gasteiger partial charge on any atom is -0.382 e. The van der Waals surface area contributed by atoms with E-state index in [2.05, 4.69) is 18.9 Å². The third-order valence-corrected chi connectivity index (χ3v) is 2.90. The molecule has 1 aromatic heterocycles. The van der Waals surface area contributed by atoms with Crippen molar-refractivity contribution < 1.29 is 4.74 Å². The minimum absolute atomic E-state index is 0.289. The monoisotopic (exact) mass is 209 g/mol. The molecule has 2 heterocycles. The molecule has 0 aromatic carbocycles. The summed E-state index contributed by atoms with van der Waals surface area (Å²) in [5.41, 5.74) is 5.89. The number of ether oxygens (including phenoxy) is 1. The van der Waals surface area contributed by atoms with Crippen LogP contribution in [0.15, 0.2) is 12.3 Å². The lowest BCUT2D eigenvalue weighted by atomic mass is 9.85. The standard InChI is InChI=1S/C11H19N3O/c1-11(2)5-3-9(15-8-11)7-14-6-4-10(12)13-14/h4,6,9H,3,5,7-8H2,1-2H3,(H2,12,13). The zero-order valence-electron chi connectivity index (χ0n) is 9.44. The maximum absolute atomic E-state index is 5.80. The van der Waals surface area contributed by atoms with Crippen LogP contribution in [-0.4, -0.2) is 22.5 Å². The van der Waals surface area contributed by atoms with Crippen LogP contribution in [0.1, 0.15) is 26.7 Å². The van der Waals surface area contributed by atoms with Crippen LogP contribution >= 0.6 is 0 Å². The Labute approximate surface area is 90.4 Å². The van der Waals surface area contributed by atoms with Gasteiger partial charge in [-0.15, -0.1) is 0 Å². The fraction of sp³-hybridized carbons (Fsp3) is 0.727. The molecule has 1 aliphatic heterocycles. The first-order valence-electron chi connectivity index (χ1n) is 5.46. The number of nitrogens with zero attached hydrogens (tertiary/aromatic N) is 2. The molecule has 1 atom stereocenters. The number of anilines is 1. The maximum atomic E-state index is 5.80. The SMILES string of the molecule is CC1(C)CCC(Cn2ccc(N)n2)OC1. The molecule has 1 aromatic rings. The summed E-state index contributed by atoms with van der Waals surface area (Å²) in [5, 5.41) is 4.16. The summed E-state index contributed by atoms with van der Waals surface area (Å²) >= 11 is 0. The van der Waals surface area contributed by atoms with Crippen molar-refractivity contribution in [2.75, 3.05) is 12.3 Å². The predicted molar refractivity (Wildman–Crippen MR) is 59.4 cm³/mol. The Morgan fingerprint density at radius 3 is 3.00 bits per heavy atom. The van der Waals surface area contributed by atoms with E-state index >= 15 is 0 Å². The van der Waals surface area contributed by atoms with Gasteiger partial charge in [0.25, 0.3) is 0 Å². The molecule has 0 bridgehead atoms. The van der Waals surface area contributed by atoms with Crippen LogP contribution in [0.5, 0.6) is 0 Å². The van der Waals surface area contributed by atoms with Crippen LogP contribution in [0.2, 0.25) is 0 Å². The van der Waals surface area contributed by atoms with Crippen molar-refractivity contribution in [1.29, 1.82) is 0 Å². The molecule has 2 rings (SSSR count). The zero-order valence-corrected chi connectivity index (χ0v) is 9.44. The average Bonchev–Trinajstić information content (AvgIpc) is 2.55. The van der Waals surface area contributed by atoms with Crippen molar-refractivity contribution >= 4 is 5.82 Å². The fourth-order valence-electron chi connectivity index (χ4n) is 1.88. The largest absolute Gasteiger partial charge is 0.382 e. The lowest BCUT2D eigenvalue weighted by Gasteiger charge is -2.34. The van der Waals surface area contributed by atoms with E-state index in [1.54, 1.807) is 0 Å². The van der Waals surface area contributed by atoms with E-state index in [4.69, 9.17) is 10.5 Å². The second kappa shape index (κ2) is 3.85. The number of aromatic nitrogens is 2. The summed E-state index contributed by atoms with van der Waals surface area (Å²) < 4.78 is 7.66. The van der Waals surface area contributed by atoms with Gasteiger partial charge in [0.15, 0.2) is 0 Å². The summed E-state index contributed by atoms with van der Waals surface area (Å²) in [7, 11) is 0. The molecule has 1 fully saturated rings. The Kier molecular flexibility index (Phi) is 2.69. The Bertz CT molecular complexity index is 322. The Hall–Kier alpha value is -1.03. The minimum atomic E-state index is 0.289. The van der Waals surface area contributed by atoms with Gasteiger partial charge >= 0.3 is 0 Å². The van der Waals surface area contributed by atoms with Crippen LogP contribution in [-0.2, 0) is 11.3 Å². The molecule has 84 valence electrons. The van der Waals surface area contributed by atoms with Gasteiger partial charge in [-0.1, -0.05) is 13.8 Å². The lowest BCUT2D eigenvalue weighted by molar-refractivity contribution is -0.0560. The quantitative estimate of drug-likeness (QED) is 0.806. The highest BCUT2D eigenvalue weighted by atomic mass is 16.5. The van der Waals surface area contributed by atoms with Gasteiger partial charge in [-0.2, -0.15) is 5.10 Å². The molecule has 0 spiro atoms. The molecular formula is C11H19N3O. The summed E-state index contributed by atoms with van der Waals surface area (Å²) in [5.74, 6) is 0.575. The van der Waals surface area contributed by atoms with Gasteiger partial charge in [-0.05, 0) is 24.3 Å². The summed E-state index contributed by atoms with van der Waals surface area (Å²) in [6.07, 6.45) is 4.51. The predicted octanol–water partition coefficient (Wildman–Crippen LogP) is 1.67. The molecule has 1 aliphatic rings. The third kappa shape index (κ3) is 2.72. The van der Waals surface area contributed by atoms with Crippen molar-refractivity contribution in [3.05, 3.63) is 12.3 Å². The molecule has 0 saturated carbocycles. The van der Waals surface area contributed by atoms with E-state index in [1.165, 1.54) is 6.42 Å². The highest BCUT2D eigenvalue weighted by molar-refractivity contribution is 5.23. The molecule has 0 amide bonds. The van der Waals surface area contributed by atoms with Gasteiger partial charge in [0, 0.05) is 6.20 Å². The van der Waals surface area contributed by atoms with Crippen molar-refractivity contribution in [1.82, 2.24) is 9.78 Å². The molecule has 4 heteroatoms. The third-order valence-electron chi connectivity index (χ3n) is 2.90. The Morgan fingerprint density at radius 2 is 2.47 bits per heavy atom. The van der Waals surface area contributed by atoms with E-state index in [-0.39, 0.29) is 6.10 Å². The van der Waals surface area contributed by atoms with E-state index in [9.17, 15) is 0 Å². The molecule has 0 aliphatic carbocycles.